The average Bonchev–Trinajstić information content (AvgIpc) is 2.46. The Balaban J connectivity index is 1.38. The van der Waals surface area contributed by atoms with Crippen molar-refractivity contribution in [1.82, 2.24) is 5.32 Å². The van der Waals surface area contributed by atoms with Gasteiger partial charge in [-0.15, -0.1) is 0 Å². The van der Waals surface area contributed by atoms with Crippen LogP contribution in [-0.4, -0.2) is 23.6 Å². The Bertz CT molecular complexity index is 336. The third kappa shape index (κ3) is 2.80. The predicted molar refractivity (Wildman–Crippen MR) is 92.8 cm³/mol. The highest BCUT2D eigenvalue weighted by Crippen LogP contribution is 2.61. The van der Waals surface area contributed by atoms with Crippen molar-refractivity contribution in [2.24, 2.45) is 23.2 Å². The Labute approximate surface area is 135 Å². The fourth-order valence-corrected chi connectivity index (χ4v) is 7.45. The van der Waals surface area contributed by atoms with E-state index < -0.39 is 0 Å². The van der Waals surface area contributed by atoms with Crippen LogP contribution in [0.15, 0.2) is 0 Å². The van der Waals surface area contributed by atoms with E-state index in [2.05, 4.69) is 30.3 Å². The first-order valence-electron chi connectivity index (χ1n) is 9.46. The van der Waals surface area contributed by atoms with Crippen LogP contribution in [0, 0.1) is 23.2 Å². The van der Waals surface area contributed by atoms with Gasteiger partial charge in [-0.2, -0.15) is 11.8 Å². The Morgan fingerprint density at radius 3 is 1.90 bits per heavy atom. The molecular weight excluding hydrogens is 274 g/mol. The summed E-state index contributed by atoms with van der Waals surface area (Å²) in [4.78, 5) is 0. The Morgan fingerprint density at radius 1 is 0.905 bits per heavy atom. The maximum Gasteiger partial charge on any atom is 0.00980 e. The monoisotopic (exact) mass is 307 g/mol. The molecule has 0 radical (unpaired) electrons. The summed E-state index contributed by atoms with van der Waals surface area (Å²) >= 11 is 2.09. The largest absolute Gasteiger partial charge is 0.311 e. The molecule has 1 atom stereocenters. The summed E-state index contributed by atoms with van der Waals surface area (Å²) < 4.78 is 0. The summed E-state index contributed by atoms with van der Waals surface area (Å²) in [6, 6.07) is 1.58. The molecule has 120 valence electrons. The molecule has 2 heteroatoms. The third-order valence-corrected chi connectivity index (χ3v) is 8.64. The molecule has 5 rings (SSSR count). The quantitative estimate of drug-likeness (QED) is 0.796. The number of hydrogen-bond acceptors (Lipinski definition) is 2. The molecule has 0 spiro atoms. The van der Waals surface area contributed by atoms with E-state index >= 15 is 0 Å². The van der Waals surface area contributed by atoms with Crippen LogP contribution in [0.5, 0.6) is 0 Å². The Morgan fingerprint density at radius 2 is 1.43 bits per heavy atom. The zero-order valence-corrected chi connectivity index (χ0v) is 14.8. The molecule has 0 aromatic heterocycles. The molecule has 21 heavy (non-hydrogen) atoms. The van der Waals surface area contributed by atoms with E-state index in [9.17, 15) is 0 Å². The number of hydrogen-bond donors (Lipinski definition) is 1. The van der Waals surface area contributed by atoms with Gasteiger partial charge in [0.05, 0.1) is 0 Å². The second kappa shape index (κ2) is 5.74. The molecule has 5 saturated carbocycles. The maximum absolute atomic E-state index is 4.11. The smallest absolute Gasteiger partial charge is 0.00980 e. The number of nitrogens with one attached hydrogen (secondary N) is 1. The molecular formula is C19H33NS. The van der Waals surface area contributed by atoms with Gasteiger partial charge in [-0.05, 0) is 101 Å². The number of thioether (sulfide) groups is 1. The normalized spacial score (nSPS) is 50.3. The molecule has 1 nitrogen and oxygen atoms in total. The lowest BCUT2D eigenvalue weighted by atomic mass is 9.48. The fraction of sp³-hybridized carbons (Fsp3) is 1.00. The van der Waals surface area contributed by atoms with Gasteiger partial charge in [-0.3, -0.25) is 0 Å². The van der Waals surface area contributed by atoms with Crippen LogP contribution in [0.4, 0.5) is 0 Å². The lowest BCUT2D eigenvalue weighted by Crippen LogP contribution is -2.56. The van der Waals surface area contributed by atoms with Gasteiger partial charge in [-0.1, -0.05) is 0 Å². The summed E-state index contributed by atoms with van der Waals surface area (Å²) in [6.45, 7) is 2.54. The van der Waals surface area contributed by atoms with Crippen LogP contribution >= 0.6 is 11.8 Å². The van der Waals surface area contributed by atoms with Crippen molar-refractivity contribution < 1.29 is 0 Å². The molecule has 0 amide bonds. The number of rotatable bonds is 4. The first-order valence-corrected chi connectivity index (χ1v) is 10.7. The van der Waals surface area contributed by atoms with Gasteiger partial charge in [0.1, 0.15) is 0 Å². The molecule has 0 saturated heterocycles. The molecule has 5 aliphatic carbocycles. The summed E-state index contributed by atoms with van der Waals surface area (Å²) in [7, 11) is 0. The SMILES string of the molecule is CSC1CCC(NC(C)C23CC4CC(CC(C4)C2)C3)CC1. The first-order chi connectivity index (χ1) is 10.2. The van der Waals surface area contributed by atoms with Gasteiger partial charge in [0.15, 0.2) is 0 Å². The van der Waals surface area contributed by atoms with E-state index in [-0.39, 0.29) is 0 Å². The van der Waals surface area contributed by atoms with E-state index in [0.717, 1.165) is 35.1 Å². The maximum atomic E-state index is 4.11. The van der Waals surface area contributed by atoms with Gasteiger partial charge >= 0.3 is 0 Å². The molecule has 1 unspecified atom stereocenters. The summed E-state index contributed by atoms with van der Waals surface area (Å²) in [6.07, 6.45) is 17.4. The summed E-state index contributed by atoms with van der Waals surface area (Å²) in [5.41, 5.74) is 0.686. The Hall–Kier alpha value is 0.310. The van der Waals surface area contributed by atoms with Crippen molar-refractivity contribution in [2.75, 3.05) is 6.26 Å². The standard InChI is InChI=1S/C19H33NS/c1-13(20-17-3-5-18(21-2)6-4-17)19-10-14-7-15(11-19)9-16(8-14)12-19/h13-18,20H,3-12H2,1-2H3. The molecule has 0 heterocycles. The molecule has 0 aromatic rings. The third-order valence-electron chi connectivity index (χ3n) is 7.50. The van der Waals surface area contributed by atoms with Crippen molar-refractivity contribution in [3.05, 3.63) is 0 Å². The molecule has 0 aliphatic heterocycles. The van der Waals surface area contributed by atoms with Crippen molar-refractivity contribution in [1.29, 1.82) is 0 Å². The van der Waals surface area contributed by atoms with Crippen LogP contribution in [0.2, 0.25) is 0 Å². The second-order valence-corrected chi connectivity index (χ2v) is 10.0. The minimum atomic E-state index is 0.686. The van der Waals surface area contributed by atoms with Gasteiger partial charge < -0.3 is 5.32 Å². The van der Waals surface area contributed by atoms with E-state index in [1.165, 1.54) is 25.7 Å². The molecule has 0 aromatic carbocycles. The average molecular weight is 308 g/mol. The zero-order chi connectivity index (χ0) is 14.4. The second-order valence-electron chi connectivity index (χ2n) is 8.88. The van der Waals surface area contributed by atoms with Gasteiger partial charge in [0.25, 0.3) is 0 Å². The van der Waals surface area contributed by atoms with E-state index in [1.54, 1.807) is 38.5 Å². The highest BCUT2D eigenvalue weighted by Gasteiger charge is 2.53. The fourth-order valence-electron chi connectivity index (χ4n) is 6.70. The van der Waals surface area contributed by atoms with E-state index in [1.807, 2.05) is 0 Å². The summed E-state index contributed by atoms with van der Waals surface area (Å²) in [5.74, 6) is 3.27. The molecule has 1 N–H and O–H groups in total. The first kappa shape index (κ1) is 14.9. The van der Waals surface area contributed by atoms with Crippen molar-refractivity contribution in [3.63, 3.8) is 0 Å². The lowest BCUT2D eigenvalue weighted by molar-refractivity contribution is -0.0726. The van der Waals surface area contributed by atoms with E-state index in [0.29, 0.717) is 5.41 Å². The highest BCUT2D eigenvalue weighted by molar-refractivity contribution is 7.99. The minimum absolute atomic E-state index is 0.686. The molecule has 5 aliphatic rings. The van der Waals surface area contributed by atoms with Crippen molar-refractivity contribution in [2.45, 2.75) is 88.5 Å². The van der Waals surface area contributed by atoms with Gasteiger partial charge in [0.2, 0.25) is 0 Å². The van der Waals surface area contributed by atoms with Crippen LogP contribution in [0.25, 0.3) is 0 Å². The summed E-state index contributed by atoms with van der Waals surface area (Å²) in [5, 5.41) is 5.05. The van der Waals surface area contributed by atoms with Crippen molar-refractivity contribution >= 4 is 11.8 Å². The molecule has 4 bridgehead atoms. The zero-order valence-electron chi connectivity index (χ0n) is 13.9. The van der Waals surface area contributed by atoms with Crippen LogP contribution in [0.1, 0.15) is 71.1 Å². The van der Waals surface area contributed by atoms with Crippen LogP contribution < -0.4 is 5.32 Å². The van der Waals surface area contributed by atoms with Crippen molar-refractivity contribution in [3.8, 4) is 0 Å². The Kier molecular flexibility index (Phi) is 4.07. The van der Waals surface area contributed by atoms with Gasteiger partial charge in [0, 0.05) is 17.3 Å². The van der Waals surface area contributed by atoms with Crippen LogP contribution in [-0.2, 0) is 0 Å². The highest BCUT2D eigenvalue weighted by atomic mass is 32.2. The minimum Gasteiger partial charge on any atom is -0.311 e. The van der Waals surface area contributed by atoms with Crippen LogP contribution in [0.3, 0.4) is 0 Å². The molecule has 5 fully saturated rings. The van der Waals surface area contributed by atoms with E-state index in [4.69, 9.17) is 0 Å². The topological polar surface area (TPSA) is 12.0 Å². The lowest BCUT2D eigenvalue weighted by Gasteiger charge is -2.59. The predicted octanol–water partition coefficient (Wildman–Crippen LogP) is 4.86. The van der Waals surface area contributed by atoms with Gasteiger partial charge in [-0.25, -0.2) is 0 Å².